The van der Waals surface area contributed by atoms with Crippen LogP contribution in [0.2, 0.25) is 0 Å². The van der Waals surface area contributed by atoms with E-state index in [2.05, 4.69) is 33.7 Å². The lowest BCUT2D eigenvalue weighted by Crippen LogP contribution is -2.38. The van der Waals surface area contributed by atoms with E-state index in [4.69, 9.17) is 9.47 Å². The number of rotatable bonds is 10. The Morgan fingerprint density at radius 2 is 1.94 bits per heavy atom. The summed E-state index contributed by atoms with van der Waals surface area (Å²) in [6, 6.07) is 5.91. The molecular formula is C24H34N6O3. The molecule has 0 aliphatic carbocycles. The second-order valence-corrected chi connectivity index (χ2v) is 8.69. The van der Waals surface area contributed by atoms with Gasteiger partial charge in [-0.3, -0.25) is 4.79 Å². The summed E-state index contributed by atoms with van der Waals surface area (Å²) in [6.45, 7) is 10.9. The van der Waals surface area contributed by atoms with Gasteiger partial charge in [-0.1, -0.05) is 5.21 Å². The Morgan fingerprint density at radius 1 is 1.15 bits per heavy atom. The molecule has 1 fully saturated rings. The van der Waals surface area contributed by atoms with Crippen molar-refractivity contribution in [2.24, 2.45) is 0 Å². The number of amides is 1. The van der Waals surface area contributed by atoms with Gasteiger partial charge in [0, 0.05) is 56.2 Å². The van der Waals surface area contributed by atoms with E-state index in [1.165, 1.54) is 0 Å². The fourth-order valence-corrected chi connectivity index (χ4v) is 4.38. The van der Waals surface area contributed by atoms with Crippen LogP contribution in [0, 0.1) is 0 Å². The van der Waals surface area contributed by atoms with Crippen LogP contribution in [0.5, 0.6) is 0 Å². The molecular weight excluding hydrogens is 420 g/mol. The summed E-state index contributed by atoms with van der Waals surface area (Å²) in [7, 11) is 0. The van der Waals surface area contributed by atoms with Crippen molar-refractivity contribution in [2.45, 2.75) is 52.1 Å². The fourth-order valence-electron chi connectivity index (χ4n) is 4.38. The summed E-state index contributed by atoms with van der Waals surface area (Å²) >= 11 is 0. The maximum Gasteiger partial charge on any atom is 0.253 e. The standard InChI is InChI=1S/C24H34N6O3/c1-4-32-15-16-33-14-13-28-12-9-25-23(28)19-7-10-29(11-8-19)24(31)20-5-6-22-21(17-20)26-27-30(22)18(2)3/h5-6,9,12,17-19H,4,7-8,10-11,13-16H2,1-3H3. The Morgan fingerprint density at radius 3 is 2.70 bits per heavy atom. The number of likely N-dealkylation sites (tertiary alicyclic amines) is 1. The van der Waals surface area contributed by atoms with E-state index < -0.39 is 0 Å². The van der Waals surface area contributed by atoms with E-state index in [1.54, 1.807) is 0 Å². The fraction of sp³-hybridized carbons (Fsp3) is 0.583. The first-order valence-electron chi connectivity index (χ1n) is 11.9. The van der Waals surface area contributed by atoms with Crippen LogP contribution in [-0.4, -0.2) is 74.9 Å². The highest BCUT2D eigenvalue weighted by Gasteiger charge is 2.27. The highest BCUT2D eigenvalue weighted by molar-refractivity contribution is 5.97. The summed E-state index contributed by atoms with van der Waals surface area (Å²) in [5.41, 5.74) is 2.38. The second kappa shape index (κ2) is 10.9. The van der Waals surface area contributed by atoms with Crippen LogP contribution in [0.4, 0.5) is 0 Å². The van der Waals surface area contributed by atoms with Crippen LogP contribution >= 0.6 is 0 Å². The third-order valence-electron chi connectivity index (χ3n) is 6.15. The summed E-state index contributed by atoms with van der Waals surface area (Å²) in [6.07, 6.45) is 5.67. The SMILES string of the molecule is CCOCCOCCn1ccnc1C1CCN(C(=O)c2ccc3c(c2)nnn3C(C)C)CC1. The minimum Gasteiger partial charge on any atom is -0.379 e. The predicted molar refractivity (Wildman–Crippen MR) is 125 cm³/mol. The zero-order valence-corrected chi connectivity index (χ0v) is 19.8. The van der Waals surface area contributed by atoms with Gasteiger partial charge in [0.1, 0.15) is 11.3 Å². The molecule has 2 aromatic heterocycles. The number of piperidine rings is 1. The third kappa shape index (κ3) is 5.42. The summed E-state index contributed by atoms with van der Waals surface area (Å²) in [5.74, 6) is 1.49. The van der Waals surface area contributed by atoms with Crippen LogP contribution in [0.3, 0.4) is 0 Å². The van der Waals surface area contributed by atoms with Crippen LogP contribution in [-0.2, 0) is 16.0 Å². The zero-order chi connectivity index (χ0) is 23.2. The quantitative estimate of drug-likeness (QED) is 0.437. The van der Waals surface area contributed by atoms with Gasteiger partial charge in [0.15, 0.2) is 0 Å². The number of nitrogens with zero attached hydrogens (tertiary/aromatic N) is 6. The van der Waals surface area contributed by atoms with Crippen LogP contribution in [0.25, 0.3) is 11.0 Å². The molecule has 4 rings (SSSR count). The van der Waals surface area contributed by atoms with E-state index in [0.717, 1.165) is 49.3 Å². The van der Waals surface area contributed by atoms with Crippen molar-refractivity contribution >= 4 is 16.9 Å². The topological polar surface area (TPSA) is 87.3 Å². The molecule has 1 amide bonds. The minimum absolute atomic E-state index is 0.0560. The molecule has 0 atom stereocenters. The van der Waals surface area contributed by atoms with Crippen molar-refractivity contribution in [1.29, 1.82) is 0 Å². The number of carbonyl (C=O) groups is 1. The number of carbonyl (C=O) groups excluding carboxylic acids is 1. The number of fused-ring (bicyclic) bond motifs is 1. The molecule has 3 heterocycles. The van der Waals surface area contributed by atoms with E-state index in [-0.39, 0.29) is 11.9 Å². The van der Waals surface area contributed by atoms with Crippen molar-refractivity contribution in [1.82, 2.24) is 29.4 Å². The van der Waals surface area contributed by atoms with Crippen molar-refractivity contribution in [3.8, 4) is 0 Å². The number of aromatic nitrogens is 5. The van der Waals surface area contributed by atoms with Crippen LogP contribution in [0.1, 0.15) is 61.8 Å². The van der Waals surface area contributed by atoms with Gasteiger partial charge in [-0.2, -0.15) is 0 Å². The van der Waals surface area contributed by atoms with Crippen molar-refractivity contribution < 1.29 is 14.3 Å². The first kappa shape index (κ1) is 23.4. The molecule has 0 unspecified atom stereocenters. The third-order valence-corrected chi connectivity index (χ3v) is 6.15. The normalized spacial score (nSPS) is 15.1. The summed E-state index contributed by atoms with van der Waals surface area (Å²) in [5, 5.41) is 8.45. The van der Waals surface area contributed by atoms with E-state index >= 15 is 0 Å². The molecule has 0 N–H and O–H groups in total. The molecule has 178 valence electrons. The molecule has 9 heteroatoms. The molecule has 3 aromatic rings. The summed E-state index contributed by atoms with van der Waals surface area (Å²) in [4.78, 5) is 19.7. The molecule has 1 aliphatic rings. The molecule has 0 bridgehead atoms. The number of hydrogen-bond acceptors (Lipinski definition) is 6. The molecule has 1 aliphatic heterocycles. The van der Waals surface area contributed by atoms with Crippen molar-refractivity contribution in [2.75, 3.05) is 39.5 Å². The van der Waals surface area contributed by atoms with Crippen molar-refractivity contribution in [3.05, 3.63) is 42.0 Å². The van der Waals surface area contributed by atoms with Crippen LogP contribution in [0.15, 0.2) is 30.6 Å². The molecule has 1 aromatic carbocycles. The molecule has 0 saturated carbocycles. The van der Waals surface area contributed by atoms with E-state index in [9.17, 15) is 4.79 Å². The molecule has 0 radical (unpaired) electrons. The van der Waals surface area contributed by atoms with Crippen LogP contribution < -0.4 is 0 Å². The molecule has 0 spiro atoms. The summed E-state index contributed by atoms with van der Waals surface area (Å²) < 4.78 is 15.0. The number of imidazole rings is 1. The Labute approximate surface area is 194 Å². The van der Waals surface area contributed by atoms with Gasteiger partial charge < -0.3 is 18.9 Å². The smallest absolute Gasteiger partial charge is 0.253 e. The lowest BCUT2D eigenvalue weighted by molar-refractivity contribution is 0.0492. The Bertz CT molecular complexity index is 1050. The highest BCUT2D eigenvalue weighted by Crippen LogP contribution is 2.28. The predicted octanol–water partition coefficient (Wildman–Crippen LogP) is 3.28. The molecule has 33 heavy (non-hydrogen) atoms. The van der Waals surface area contributed by atoms with E-state index in [1.807, 2.05) is 47.1 Å². The number of hydrogen-bond donors (Lipinski definition) is 0. The maximum atomic E-state index is 13.1. The number of ether oxygens (including phenoxy) is 2. The average molecular weight is 455 g/mol. The minimum atomic E-state index is 0.0560. The maximum absolute atomic E-state index is 13.1. The van der Waals surface area contributed by atoms with Gasteiger partial charge in [0.25, 0.3) is 5.91 Å². The number of benzene rings is 1. The van der Waals surface area contributed by atoms with Gasteiger partial charge in [-0.05, 0) is 51.8 Å². The largest absolute Gasteiger partial charge is 0.379 e. The van der Waals surface area contributed by atoms with Crippen molar-refractivity contribution in [3.63, 3.8) is 0 Å². The van der Waals surface area contributed by atoms with Gasteiger partial charge in [-0.25, -0.2) is 9.67 Å². The monoisotopic (exact) mass is 454 g/mol. The van der Waals surface area contributed by atoms with Gasteiger partial charge in [0.05, 0.1) is 25.3 Å². The molecule has 1 saturated heterocycles. The zero-order valence-electron chi connectivity index (χ0n) is 19.8. The lowest BCUT2D eigenvalue weighted by Gasteiger charge is -2.32. The van der Waals surface area contributed by atoms with Gasteiger partial charge in [-0.15, -0.1) is 5.10 Å². The average Bonchev–Trinajstić information content (AvgIpc) is 3.47. The Kier molecular flexibility index (Phi) is 7.72. The first-order valence-corrected chi connectivity index (χ1v) is 11.9. The van der Waals surface area contributed by atoms with Gasteiger partial charge >= 0.3 is 0 Å². The Hall–Kier alpha value is -2.78. The van der Waals surface area contributed by atoms with Gasteiger partial charge in [0.2, 0.25) is 0 Å². The first-order chi connectivity index (χ1) is 16.1. The molecule has 9 nitrogen and oxygen atoms in total. The Balaban J connectivity index is 1.32. The highest BCUT2D eigenvalue weighted by atomic mass is 16.5. The van der Waals surface area contributed by atoms with E-state index in [0.29, 0.717) is 37.9 Å². The second-order valence-electron chi connectivity index (χ2n) is 8.69. The lowest BCUT2D eigenvalue weighted by atomic mass is 9.95.